The van der Waals surface area contributed by atoms with E-state index in [0.717, 1.165) is 0 Å². The van der Waals surface area contributed by atoms with Gasteiger partial charge in [-0.2, -0.15) is 0 Å². The minimum absolute atomic E-state index is 0. The van der Waals surface area contributed by atoms with Gasteiger partial charge in [0.2, 0.25) is 0 Å². The normalized spacial score (nSPS) is 5.08. The Hall–Kier alpha value is 2.94. The van der Waals surface area contributed by atoms with Crippen molar-refractivity contribution in [1.82, 2.24) is 0 Å². The van der Waals surface area contributed by atoms with E-state index in [2.05, 4.69) is 19.1 Å². The average molecular weight is 718 g/mol. The second-order valence-electron chi connectivity index (χ2n) is 1.65. The van der Waals surface area contributed by atoms with Gasteiger partial charge >= 0.3 is 23.9 Å². The third-order valence-electron chi connectivity index (χ3n) is 0.940. The zero-order chi connectivity index (χ0) is 5.11. The average Bonchev–Trinajstić information content (AvgIpc) is 1.69. The van der Waals surface area contributed by atoms with E-state index in [-0.39, 0.29) is 120 Å². The summed E-state index contributed by atoms with van der Waals surface area (Å²) in [5, 5.41) is 0. The molecule has 0 radical (unpaired) electrons. The first-order valence-electron chi connectivity index (χ1n) is 2.41. The minimum Gasteiger partial charge on any atom is -1.00 e. The molecule has 5 heteroatoms. The Balaban J connectivity index is -0.0000000327. The molecule has 0 aliphatic heterocycles. The van der Waals surface area contributed by atoms with E-state index in [1.165, 1.54) is 5.56 Å². The van der Waals surface area contributed by atoms with Gasteiger partial charge in [-0.15, -0.1) is 0 Å². The molecule has 0 aliphatic rings. The zero-order valence-electron chi connectivity index (χ0n) is 6.40. The van der Waals surface area contributed by atoms with Gasteiger partial charge in [-0.3, -0.25) is 0 Å². The van der Waals surface area contributed by atoms with Crippen LogP contribution in [0.1, 0.15) is 5.56 Å². The van der Waals surface area contributed by atoms with Gasteiger partial charge in [0, 0.05) is 0 Å². The number of hydrogen-bond donors (Lipinski definition) is 0. The van der Waals surface area contributed by atoms with Crippen LogP contribution in [0.25, 0.3) is 0 Å². The number of benzene rings is 1. The van der Waals surface area contributed by atoms with Crippen molar-refractivity contribution in [2.75, 3.05) is 0 Å². The standard InChI is InChI=1S/C7H8.4HI.Sn/c1-7-5-3-2-4-6-7;;;;;/h2-6H,1H3;4*1H;/q;;;;;+4/p-4. The van der Waals surface area contributed by atoms with Gasteiger partial charge in [0.05, 0.1) is 0 Å². The second-order valence-corrected chi connectivity index (χ2v) is 1.65. The van der Waals surface area contributed by atoms with Gasteiger partial charge < -0.3 is 95.9 Å². The van der Waals surface area contributed by atoms with Crippen molar-refractivity contribution in [3.05, 3.63) is 35.9 Å². The zero-order valence-corrected chi connectivity index (χ0v) is 17.9. The molecule has 68 valence electrons. The smallest absolute Gasteiger partial charge is 1.00 e. The Morgan fingerprint density at radius 2 is 1.08 bits per heavy atom. The molecule has 0 N–H and O–H groups in total. The van der Waals surface area contributed by atoms with E-state index in [0.29, 0.717) is 0 Å². The molecule has 0 spiro atoms. The molecule has 1 aromatic carbocycles. The van der Waals surface area contributed by atoms with Gasteiger partial charge in [0.1, 0.15) is 0 Å². The number of rotatable bonds is 0. The van der Waals surface area contributed by atoms with Crippen LogP contribution in [0, 0.1) is 6.92 Å². The van der Waals surface area contributed by atoms with Gasteiger partial charge in [0.15, 0.2) is 0 Å². The molecule has 1 rings (SSSR count). The fraction of sp³-hybridized carbons (Fsp3) is 0.143. The third kappa shape index (κ3) is 15.4. The van der Waals surface area contributed by atoms with Gasteiger partial charge in [0.25, 0.3) is 0 Å². The number of aryl methyl sites for hydroxylation is 1. The van der Waals surface area contributed by atoms with Crippen LogP contribution in [-0.2, 0) is 0 Å². The molecule has 12 heavy (non-hydrogen) atoms. The monoisotopic (exact) mass is 720 g/mol. The molecule has 0 nitrogen and oxygen atoms in total. The van der Waals surface area contributed by atoms with Crippen molar-refractivity contribution < 1.29 is 95.9 Å². The molecule has 0 amide bonds. The Kier molecular flexibility index (Phi) is 47.8. The predicted octanol–water partition coefficient (Wildman–Crippen LogP) is -10.4. The summed E-state index contributed by atoms with van der Waals surface area (Å²) in [5.74, 6) is 0. The summed E-state index contributed by atoms with van der Waals surface area (Å²) in [7, 11) is 0. The molecule has 0 atom stereocenters. The van der Waals surface area contributed by atoms with Crippen molar-refractivity contribution in [1.29, 1.82) is 0 Å². The topological polar surface area (TPSA) is 0 Å². The first kappa shape index (κ1) is 29.4. The fourth-order valence-electron chi connectivity index (χ4n) is 0.534. The van der Waals surface area contributed by atoms with Gasteiger partial charge in [-0.05, 0) is 6.92 Å². The van der Waals surface area contributed by atoms with Crippen molar-refractivity contribution in [3.63, 3.8) is 0 Å². The summed E-state index contributed by atoms with van der Waals surface area (Å²) in [5.41, 5.74) is 1.32. The van der Waals surface area contributed by atoms with Crippen LogP contribution >= 0.6 is 0 Å². The third-order valence-corrected chi connectivity index (χ3v) is 0.940. The maximum absolute atomic E-state index is 2.08. The van der Waals surface area contributed by atoms with Crippen molar-refractivity contribution in [3.8, 4) is 0 Å². The van der Waals surface area contributed by atoms with Crippen LogP contribution in [0.15, 0.2) is 30.3 Å². The molecule has 0 fully saturated rings. The van der Waals surface area contributed by atoms with Crippen LogP contribution in [0.5, 0.6) is 0 Å². The largest absolute Gasteiger partial charge is 4.00 e. The molecule has 1 aromatic rings. The van der Waals surface area contributed by atoms with Gasteiger partial charge in [-0.25, -0.2) is 0 Å². The van der Waals surface area contributed by atoms with Crippen molar-refractivity contribution >= 4 is 23.9 Å². The second kappa shape index (κ2) is 19.5. The maximum Gasteiger partial charge on any atom is 4.00 e. The quantitative estimate of drug-likeness (QED) is 0.185. The van der Waals surface area contributed by atoms with Crippen LogP contribution in [0.4, 0.5) is 0 Å². The molecule has 0 aliphatic carbocycles. The van der Waals surface area contributed by atoms with Crippen molar-refractivity contribution in [2.45, 2.75) is 6.92 Å². The SMILES string of the molecule is Cc1ccccc1.[I-].[I-].[I-].[I-].[Sn+4]. The summed E-state index contributed by atoms with van der Waals surface area (Å²) in [4.78, 5) is 0. The predicted molar refractivity (Wildman–Crippen MR) is 36.9 cm³/mol. The van der Waals surface area contributed by atoms with Crippen molar-refractivity contribution in [2.24, 2.45) is 0 Å². The summed E-state index contributed by atoms with van der Waals surface area (Å²) in [6.45, 7) is 2.08. The molecule has 0 unspecified atom stereocenters. The molecule has 0 saturated heterocycles. The summed E-state index contributed by atoms with van der Waals surface area (Å²) in [6.07, 6.45) is 0. The van der Waals surface area contributed by atoms with E-state index in [9.17, 15) is 0 Å². The minimum atomic E-state index is 0. The first-order chi connectivity index (χ1) is 3.39. The molecule has 0 bridgehead atoms. The van der Waals surface area contributed by atoms with Crippen LogP contribution < -0.4 is 95.9 Å². The van der Waals surface area contributed by atoms with Gasteiger partial charge in [-0.1, -0.05) is 35.9 Å². The molecule has 0 heterocycles. The Morgan fingerprint density at radius 3 is 1.25 bits per heavy atom. The van der Waals surface area contributed by atoms with E-state index in [4.69, 9.17) is 0 Å². The van der Waals surface area contributed by atoms with E-state index in [1.807, 2.05) is 18.2 Å². The van der Waals surface area contributed by atoms with Crippen LogP contribution in [0.2, 0.25) is 0 Å². The van der Waals surface area contributed by atoms with E-state index < -0.39 is 0 Å². The molecule has 0 aromatic heterocycles. The maximum atomic E-state index is 2.08. The number of halogens is 4. The molecular weight excluding hydrogens is 710 g/mol. The summed E-state index contributed by atoms with van der Waals surface area (Å²) < 4.78 is 0. The fourth-order valence-corrected chi connectivity index (χ4v) is 0.534. The molecule has 0 saturated carbocycles. The molecular formula is C7H8I4Sn. The summed E-state index contributed by atoms with van der Waals surface area (Å²) in [6, 6.07) is 10.3. The Labute approximate surface area is 159 Å². The Bertz CT molecular complexity index is 145. The number of hydrogen-bond acceptors (Lipinski definition) is 0. The van der Waals surface area contributed by atoms with Crippen LogP contribution in [0.3, 0.4) is 0 Å². The van der Waals surface area contributed by atoms with E-state index in [1.54, 1.807) is 0 Å². The van der Waals surface area contributed by atoms with E-state index >= 15 is 0 Å². The Morgan fingerprint density at radius 1 is 0.750 bits per heavy atom. The first-order valence-corrected chi connectivity index (χ1v) is 2.41. The summed E-state index contributed by atoms with van der Waals surface area (Å²) >= 11 is 0. The van der Waals surface area contributed by atoms with Crippen LogP contribution in [-0.4, -0.2) is 23.9 Å².